The highest BCUT2D eigenvalue weighted by Crippen LogP contribution is 2.15. The van der Waals surface area contributed by atoms with Crippen molar-refractivity contribution in [2.45, 2.75) is 17.7 Å². The number of ether oxygens (including phenoxy) is 1. The topological polar surface area (TPSA) is 94.3 Å². The van der Waals surface area contributed by atoms with Crippen LogP contribution in [-0.2, 0) is 14.8 Å². The zero-order valence-corrected chi connectivity index (χ0v) is 12.9. The van der Waals surface area contributed by atoms with Crippen LogP contribution < -0.4 is 10.5 Å². The van der Waals surface area contributed by atoms with Crippen molar-refractivity contribution in [2.75, 3.05) is 23.7 Å². The van der Waals surface area contributed by atoms with Crippen molar-refractivity contribution in [2.24, 2.45) is 0 Å². The van der Waals surface area contributed by atoms with Crippen molar-refractivity contribution < 1.29 is 13.2 Å². The van der Waals surface area contributed by atoms with E-state index in [-0.39, 0.29) is 10.7 Å². The Bertz CT molecular complexity index is 661. The summed E-state index contributed by atoms with van der Waals surface area (Å²) in [5.41, 5.74) is 6.01. The van der Waals surface area contributed by atoms with Gasteiger partial charge in [0.25, 0.3) is 10.0 Å². The fraction of sp³-hybridized carbons (Fsp3) is 0.267. The van der Waals surface area contributed by atoms with E-state index in [1.165, 1.54) is 43.3 Å². The molecule has 1 fully saturated rings. The predicted molar refractivity (Wildman–Crippen MR) is 86.0 cm³/mol. The first-order valence-electron chi connectivity index (χ1n) is 6.95. The molecular formula is C15H19N3O3S. The number of nitrogens with two attached hydrogens (primary N) is 1. The smallest absolute Gasteiger partial charge is 0.263 e. The molecule has 7 heteroatoms. The van der Waals surface area contributed by atoms with Gasteiger partial charge in [-0.25, -0.2) is 13.4 Å². The molecule has 3 rings (SSSR count). The lowest BCUT2D eigenvalue weighted by atomic mass is 10.3. The van der Waals surface area contributed by atoms with E-state index < -0.39 is 10.0 Å². The van der Waals surface area contributed by atoms with Crippen molar-refractivity contribution in [1.82, 2.24) is 4.98 Å². The third-order valence-electron chi connectivity index (χ3n) is 2.92. The summed E-state index contributed by atoms with van der Waals surface area (Å²) in [6, 6.07) is 10.9. The van der Waals surface area contributed by atoms with Crippen molar-refractivity contribution in [3.05, 3.63) is 48.7 Å². The number of hydrogen-bond acceptors (Lipinski definition) is 5. The maximum Gasteiger partial charge on any atom is 0.263 e. The molecule has 22 heavy (non-hydrogen) atoms. The van der Waals surface area contributed by atoms with Crippen molar-refractivity contribution in [3.8, 4) is 0 Å². The molecule has 0 saturated carbocycles. The van der Waals surface area contributed by atoms with Crippen LogP contribution in [0.15, 0.2) is 53.6 Å². The zero-order chi connectivity index (χ0) is 15.8. The van der Waals surface area contributed by atoms with Crippen molar-refractivity contribution in [1.29, 1.82) is 0 Å². The predicted octanol–water partition coefficient (Wildman–Crippen LogP) is 2.26. The van der Waals surface area contributed by atoms with Gasteiger partial charge in [0, 0.05) is 25.1 Å². The van der Waals surface area contributed by atoms with Gasteiger partial charge in [-0.2, -0.15) is 0 Å². The summed E-state index contributed by atoms with van der Waals surface area (Å²) >= 11 is 0. The number of benzene rings is 1. The highest BCUT2D eigenvalue weighted by molar-refractivity contribution is 7.92. The van der Waals surface area contributed by atoms with Crippen LogP contribution in [0.2, 0.25) is 0 Å². The molecule has 2 heterocycles. The third kappa shape index (κ3) is 5.01. The van der Waals surface area contributed by atoms with Gasteiger partial charge in [-0.15, -0.1) is 0 Å². The van der Waals surface area contributed by atoms with E-state index in [1.807, 2.05) is 0 Å². The van der Waals surface area contributed by atoms with Crippen LogP contribution in [0.3, 0.4) is 0 Å². The molecule has 0 spiro atoms. The van der Waals surface area contributed by atoms with E-state index >= 15 is 0 Å². The zero-order valence-electron chi connectivity index (χ0n) is 12.1. The van der Waals surface area contributed by atoms with E-state index in [2.05, 4.69) is 9.71 Å². The number of sulfonamides is 1. The quantitative estimate of drug-likeness (QED) is 0.846. The SMILES string of the molecule is C1CCOC1.Nc1ccc(S(=O)(=O)Nc2ccccn2)cc1. The maximum absolute atomic E-state index is 11.9. The molecule has 3 N–H and O–H groups in total. The molecule has 0 bridgehead atoms. The lowest BCUT2D eigenvalue weighted by Crippen LogP contribution is -2.13. The Morgan fingerprint density at radius 1 is 1.05 bits per heavy atom. The number of aromatic nitrogens is 1. The molecular weight excluding hydrogens is 302 g/mol. The van der Waals surface area contributed by atoms with Crippen LogP contribution >= 0.6 is 0 Å². The first-order valence-corrected chi connectivity index (χ1v) is 8.43. The molecule has 118 valence electrons. The summed E-state index contributed by atoms with van der Waals surface area (Å²) < 4.78 is 31.2. The fourth-order valence-corrected chi connectivity index (χ4v) is 2.79. The van der Waals surface area contributed by atoms with Gasteiger partial charge < -0.3 is 10.5 Å². The molecule has 1 saturated heterocycles. The number of pyridine rings is 1. The van der Waals surface area contributed by atoms with E-state index in [0.29, 0.717) is 5.69 Å². The second-order valence-electron chi connectivity index (χ2n) is 4.71. The van der Waals surface area contributed by atoms with Crippen LogP contribution in [0.4, 0.5) is 11.5 Å². The summed E-state index contributed by atoms with van der Waals surface area (Å²) in [5.74, 6) is 0.282. The van der Waals surface area contributed by atoms with E-state index in [0.717, 1.165) is 13.2 Å². The Kier molecular flexibility index (Phi) is 5.74. The first kappa shape index (κ1) is 16.3. The lowest BCUT2D eigenvalue weighted by Gasteiger charge is -2.06. The Morgan fingerprint density at radius 2 is 1.73 bits per heavy atom. The number of nitrogen functional groups attached to an aromatic ring is 1. The normalized spacial score (nSPS) is 14.0. The second-order valence-corrected chi connectivity index (χ2v) is 6.39. The van der Waals surface area contributed by atoms with Gasteiger partial charge in [-0.3, -0.25) is 4.72 Å². The molecule has 0 unspecified atom stereocenters. The molecule has 6 nitrogen and oxygen atoms in total. The van der Waals surface area contributed by atoms with Crippen LogP contribution in [-0.4, -0.2) is 26.6 Å². The Hall–Kier alpha value is -2.12. The summed E-state index contributed by atoms with van der Waals surface area (Å²) in [4.78, 5) is 4.04. The number of anilines is 2. The highest BCUT2D eigenvalue weighted by atomic mass is 32.2. The molecule has 0 radical (unpaired) electrons. The van der Waals surface area contributed by atoms with Gasteiger partial charge >= 0.3 is 0 Å². The molecule has 1 aliphatic rings. The monoisotopic (exact) mass is 321 g/mol. The van der Waals surface area contributed by atoms with Gasteiger partial charge in [0.1, 0.15) is 5.82 Å². The largest absolute Gasteiger partial charge is 0.399 e. The molecule has 0 atom stereocenters. The molecule has 1 aromatic carbocycles. The molecule has 0 amide bonds. The second kappa shape index (κ2) is 7.77. The van der Waals surface area contributed by atoms with Crippen LogP contribution in [0, 0.1) is 0 Å². The van der Waals surface area contributed by atoms with Gasteiger partial charge in [-0.1, -0.05) is 6.07 Å². The molecule has 0 aliphatic carbocycles. The minimum absolute atomic E-state index is 0.150. The first-order chi connectivity index (χ1) is 10.6. The van der Waals surface area contributed by atoms with E-state index in [4.69, 9.17) is 10.5 Å². The minimum atomic E-state index is -3.60. The summed E-state index contributed by atoms with van der Waals surface area (Å²) in [5, 5.41) is 0. The van der Waals surface area contributed by atoms with Gasteiger partial charge in [-0.05, 0) is 49.2 Å². The molecule has 1 aromatic heterocycles. The van der Waals surface area contributed by atoms with Crippen LogP contribution in [0.5, 0.6) is 0 Å². The summed E-state index contributed by atoms with van der Waals surface area (Å²) in [6.45, 7) is 2.00. The number of nitrogens with one attached hydrogen (secondary N) is 1. The molecule has 2 aromatic rings. The van der Waals surface area contributed by atoms with Crippen LogP contribution in [0.1, 0.15) is 12.8 Å². The highest BCUT2D eigenvalue weighted by Gasteiger charge is 2.13. The van der Waals surface area contributed by atoms with Crippen molar-refractivity contribution >= 4 is 21.5 Å². The number of nitrogens with zero attached hydrogens (tertiary/aromatic N) is 1. The standard InChI is InChI=1S/C11H11N3O2S.C4H8O/c12-9-4-6-10(7-5-9)17(15,16)14-11-3-1-2-8-13-11;1-2-4-5-3-1/h1-8H,12H2,(H,13,14);1-4H2. The summed E-state index contributed by atoms with van der Waals surface area (Å²) in [7, 11) is -3.60. The average Bonchev–Trinajstić information content (AvgIpc) is 3.08. The van der Waals surface area contributed by atoms with Gasteiger partial charge in [0.15, 0.2) is 0 Å². The minimum Gasteiger partial charge on any atom is -0.399 e. The Balaban J connectivity index is 0.000000299. The number of rotatable bonds is 3. The fourth-order valence-electron chi connectivity index (χ4n) is 1.78. The number of hydrogen-bond donors (Lipinski definition) is 2. The van der Waals surface area contributed by atoms with Gasteiger partial charge in [0.05, 0.1) is 4.90 Å². The van der Waals surface area contributed by atoms with Crippen molar-refractivity contribution in [3.63, 3.8) is 0 Å². The van der Waals surface area contributed by atoms with Crippen LogP contribution in [0.25, 0.3) is 0 Å². The Labute approximate surface area is 130 Å². The van der Waals surface area contributed by atoms with E-state index in [1.54, 1.807) is 18.2 Å². The summed E-state index contributed by atoms with van der Waals surface area (Å²) in [6.07, 6.45) is 4.07. The lowest BCUT2D eigenvalue weighted by molar-refractivity contribution is 0.198. The average molecular weight is 321 g/mol. The maximum atomic E-state index is 11.9. The van der Waals surface area contributed by atoms with E-state index in [9.17, 15) is 8.42 Å². The van der Waals surface area contributed by atoms with Gasteiger partial charge in [0.2, 0.25) is 0 Å². The Morgan fingerprint density at radius 3 is 2.23 bits per heavy atom. The molecule has 1 aliphatic heterocycles. The third-order valence-corrected chi connectivity index (χ3v) is 4.29.